The molecule has 1 aromatic heterocycles. The highest BCUT2D eigenvalue weighted by Gasteiger charge is 2.25. The van der Waals surface area contributed by atoms with E-state index in [-0.39, 0.29) is 5.91 Å². The van der Waals surface area contributed by atoms with Gasteiger partial charge in [-0.15, -0.1) is 22.9 Å². The zero-order chi connectivity index (χ0) is 15.4. The van der Waals surface area contributed by atoms with Gasteiger partial charge in [0.05, 0.1) is 11.9 Å². The maximum Gasteiger partial charge on any atom is 0.264 e. The first-order chi connectivity index (χ1) is 10.7. The van der Waals surface area contributed by atoms with Crippen molar-refractivity contribution in [2.75, 3.05) is 19.6 Å². The first-order valence-electron chi connectivity index (χ1n) is 7.48. The van der Waals surface area contributed by atoms with E-state index in [1.807, 2.05) is 0 Å². The molecule has 2 unspecified atom stereocenters. The molecule has 0 aromatic carbocycles. The van der Waals surface area contributed by atoms with Crippen molar-refractivity contribution in [1.29, 1.82) is 0 Å². The van der Waals surface area contributed by atoms with Gasteiger partial charge < -0.3 is 0 Å². The van der Waals surface area contributed by atoms with Gasteiger partial charge in [0.1, 0.15) is 0 Å². The Hall–Kier alpha value is -1.24. The highest BCUT2D eigenvalue weighted by molar-refractivity contribution is 7.09. The molecule has 0 saturated carbocycles. The maximum absolute atomic E-state index is 11.4. The van der Waals surface area contributed by atoms with Gasteiger partial charge in [-0.1, -0.05) is 6.07 Å². The SMILES string of the molecule is O=C1NN=CC(=NCC2CCCN(Cc3cccs3)C2)C1Cl. The summed E-state index contributed by atoms with van der Waals surface area (Å²) in [6.07, 6.45) is 3.92. The molecule has 1 amide bonds. The number of alkyl halides is 1. The van der Waals surface area contributed by atoms with Gasteiger partial charge >= 0.3 is 0 Å². The Labute approximate surface area is 139 Å². The third-order valence-electron chi connectivity index (χ3n) is 3.96. The van der Waals surface area contributed by atoms with Crippen molar-refractivity contribution in [2.24, 2.45) is 16.0 Å². The van der Waals surface area contributed by atoms with Gasteiger partial charge in [-0.05, 0) is 36.8 Å². The molecular weight excluding hydrogens is 320 g/mol. The van der Waals surface area contributed by atoms with Crippen LogP contribution in [0.3, 0.4) is 0 Å². The number of hydrogen-bond acceptors (Lipinski definition) is 5. The number of carbonyl (C=O) groups is 1. The number of piperidine rings is 1. The second-order valence-corrected chi connectivity index (χ2v) is 7.15. The highest BCUT2D eigenvalue weighted by Crippen LogP contribution is 2.21. The predicted octanol–water partition coefficient (Wildman–Crippen LogP) is 2.12. The second kappa shape index (κ2) is 7.35. The summed E-state index contributed by atoms with van der Waals surface area (Å²) in [4.78, 5) is 19.9. The third kappa shape index (κ3) is 3.94. The van der Waals surface area contributed by atoms with Gasteiger partial charge in [0.2, 0.25) is 0 Å². The standard InChI is InChI=1S/C15H19ClN4OS/c16-14-13(8-18-19-15(14)21)17-7-11-3-1-5-20(9-11)10-12-4-2-6-22-12/h2,4,6,8,11,14H,1,3,5,7,9-10H2,(H,19,21). The Morgan fingerprint density at radius 2 is 2.45 bits per heavy atom. The zero-order valence-electron chi connectivity index (χ0n) is 12.2. The second-order valence-electron chi connectivity index (χ2n) is 5.69. The molecule has 0 bridgehead atoms. The molecule has 22 heavy (non-hydrogen) atoms. The Morgan fingerprint density at radius 3 is 3.27 bits per heavy atom. The molecule has 1 N–H and O–H groups in total. The lowest BCUT2D eigenvalue weighted by Crippen LogP contribution is -2.40. The van der Waals surface area contributed by atoms with Gasteiger partial charge in [0.25, 0.3) is 5.91 Å². The van der Waals surface area contributed by atoms with Crippen LogP contribution in [0.2, 0.25) is 0 Å². The molecule has 1 fully saturated rings. The number of thiophene rings is 1. The Morgan fingerprint density at radius 1 is 1.55 bits per heavy atom. The topological polar surface area (TPSA) is 57.1 Å². The molecule has 0 spiro atoms. The molecule has 2 atom stereocenters. The monoisotopic (exact) mass is 338 g/mol. The summed E-state index contributed by atoms with van der Waals surface area (Å²) in [5.41, 5.74) is 2.91. The Kier molecular flexibility index (Phi) is 5.23. The quantitative estimate of drug-likeness (QED) is 0.855. The average Bonchev–Trinajstić information content (AvgIpc) is 3.02. The fourth-order valence-electron chi connectivity index (χ4n) is 2.84. The van der Waals surface area contributed by atoms with E-state index in [0.717, 1.165) is 19.6 Å². The van der Waals surface area contributed by atoms with Crippen molar-refractivity contribution in [1.82, 2.24) is 10.3 Å². The van der Waals surface area contributed by atoms with Crippen LogP contribution in [-0.4, -0.2) is 47.7 Å². The molecule has 3 rings (SSSR count). The van der Waals surface area contributed by atoms with Crippen LogP contribution < -0.4 is 5.43 Å². The van der Waals surface area contributed by atoms with Crippen molar-refractivity contribution in [3.63, 3.8) is 0 Å². The first kappa shape index (κ1) is 15.6. The van der Waals surface area contributed by atoms with Crippen molar-refractivity contribution in [3.05, 3.63) is 22.4 Å². The van der Waals surface area contributed by atoms with Crippen LogP contribution in [0, 0.1) is 5.92 Å². The molecule has 3 heterocycles. The van der Waals surface area contributed by atoms with Crippen molar-refractivity contribution >= 4 is 40.8 Å². The van der Waals surface area contributed by atoms with E-state index in [1.54, 1.807) is 17.6 Å². The summed E-state index contributed by atoms with van der Waals surface area (Å²) in [6, 6.07) is 4.28. The highest BCUT2D eigenvalue weighted by atomic mass is 35.5. The van der Waals surface area contributed by atoms with E-state index in [4.69, 9.17) is 11.6 Å². The van der Waals surface area contributed by atoms with Crippen molar-refractivity contribution in [2.45, 2.75) is 24.8 Å². The molecule has 1 saturated heterocycles. The summed E-state index contributed by atoms with van der Waals surface area (Å²) >= 11 is 7.84. The van der Waals surface area contributed by atoms with E-state index in [0.29, 0.717) is 18.2 Å². The van der Waals surface area contributed by atoms with Crippen LogP contribution in [0.15, 0.2) is 27.6 Å². The summed E-state index contributed by atoms with van der Waals surface area (Å²) < 4.78 is 0. The van der Waals surface area contributed by atoms with Crippen LogP contribution in [-0.2, 0) is 11.3 Å². The van der Waals surface area contributed by atoms with Crippen molar-refractivity contribution in [3.8, 4) is 0 Å². The minimum Gasteiger partial charge on any atom is -0.298 e. The van der Waals surface area contributed by atoms with Gasteiger partial charge in [-0.2, -0.15) is 5.10 Å². The molecule has 118 valence electrons. The van der Waals surface area contributed by atoms with Gasteiger partial charge in [-0.3, -0.25) is 14.7 Å². The van der Waals surface area contributed by atoms with Crippen LogP contribution in [0.4, 0.5) is 0 Å². The van der Waals surface area contributed by atoms with E-state index in [9.17, 15) is 4.79 Å². The average molecular weight is 339 g/mol. The van der Waals surface area contributed by atoms with E-state index < -0.39 is 5.38 Å². The minimum atomic E-state index is -0.719. The van der Waals surface area contributed by atoms with Crippen LogP contribution in [0.1, 0.15) is 17.7 Å². The molecule has 0 aliphatic carbocycles. The number of rotatable bonds is 4. The molecule has 7 heteroatoms. The Balaban J connectivity index is 1.55. The number of nitrogens with zero attached hydrogens (tertiary/aromatic N) is 3. The summed E-state index contributed by atoms with van der Waals surface area (Å²) in [5, 5.41) is 5.17. The van der Waals surface area contributed by atoms with Gasteiger partial charge in [0, 0.05) is 24.5 Å². The predicted molar refractivity (Wildman–Crippen MR) is 90.9 cm³/mol. The third-order valence-corrected chi connectivity index (χ3v) is 5.24. The molecule has 1 aromatic rings. The first-order valence-corrected chi connectivity index (χ1v) is 8.80. The van der Waals surface area contributed by atoms with Gasteiger partial charge in [0.15, 0.2) is 5.38 Å². The fourth-order valence-corrected chi connectivity index (χ4v) is 3.76. The largest absolute Gasteiger partial charge is 0.298 e. The van der Waals surface area contributed by atoms with E-state index >= 15 is 0 Å². The molecule has 0 radical (unpaired) electrons. The number of halogens is 1. The number of hydrazone groups is 1. The number of carbonyl (C=O) groups excluding carboxylic acids is 1. The van der Waals surface area contributed by atoms with Crippen LogP contribution >= 0.6 is 22.9 Å². The molecular formula is C15H19ClN4OS. The normalized spacial score (nSPS) is 28.0. The smallest absolute Gasteiger partial charge is 0.264 e. The summed E-state index contributed by atoms with van der Waals surface area (Å²) in [7, 11) is 0. The summed E-state index contributed by atoms with van der Waals surface area (Å²) in [6.45, 7) is 3.92. The molecule has 5 nitrogen and oxygen atoms in total. The number of aliphatic imine (C=N–C) groups is 1. The summed E-state index contributed by atoms with van der Waals surface area (Å²) in [5.74, 6) is 0.217. The number of nitrogens with one attached hydrogen (secondary N) is 1. The minimum absolute atomic E-state index is 0.300. The maximum atomic E-state index is 11.4. The number of amides is 1. The molecule has 2 aliphatic heterocycles. The van der Waals surface area contributed by atoms with E-state index in [2.05, 4.69) is 37.9 Å². The zero-order valence-corrected chi connectivity index (χ0v) is 13.8. The molecule has 2 aliphatic rings. The number of hydrogen-bond donors (Lipinski definition) is 1. The fraction of sp³-hybridized carbons (Fsp3) is 0.533. The van der Waals surface area contributed by atoms with Gasteiger partial charge in [-0.25, -0.2) is 5.43 Å². The lowest BCUT2D eigenvalue weighted by atomic mass is 9.98. The lowest BCUT2D eigenvalue weighted by Gasteiger charge is -2.31. The van der Waals surface area contributed by atoms with Crippen LogP contribution in [0.25, 0.3) is 0 Å². The van der Waals surface area contributed by atoms with E-state index in [1.165, 1.54) is 17.7 Å². The Bertz CT molecular complexity index is 572. The lowest BCUT2D eigenvalue weighted by molar-refractivity contribution is -0.119. The number of likely N-dealkylation sites (tertiary alicyclic amines) is 1. The van der Waals surface area contributed by atoms with Crippen LogP contribution in [0.5, 0.6) is 0 Å². The van der Waals surface area contributed by atoms with Crippen molar-refractivity contribution < 1.29 is 4.79 Å².